The molecule has 0 aliphatic carbocycles. The van der Waals surface area contributed by atoms with E-state index in [4.69, 9.17) is 4.74 Å². The van der Waals surface area contributed by atoms with Gasteiger partial charge in [-0.25, -0.2) is 4.98 Å². The van der Waals surface area contributed by atoms with Gasteiger partial charge in [0.05, 0.1) is 18.2 Å². The van der Waals surface area contributed by atoms with Crippen molar-refractivity contribution in [3.63, 3.8) is 0 Å². The number of pyridine rings is 1. The van der Waals surface area contributed by atoms with E-state index in [2.05, 4.69) is 15.4 Å². The third-order valence-corrected chi connectivity index (χ3v) is 4.15. The smallest absolute Gasteiger partial charge is 0.253 e. The molecule has 0 saturated carbocycles. The molecule has 0 bridgehead atoms. The van der Waals surface area contributed by atoms with Crippen molar-refractivity contribution in [2.45, 2.75) is 12.5 Å². The van der Waals surface area contributed by atoms with Crippen molar-refractivity contribution in [2.24, 2.45) is 13.0 Å². The Morgan fingerprint density at radius 3 is 2.88 bits per heavy atom. The number of ether oxygens (including phenoxy) is 1. The van der Waals surface area contributed by atoms with Gasteiger partial charge in [-0.1, -0.05) is 0 Å². The second kappa shape index (κ2) is 7.02. The number of hydrogen-bond acceptors (Lipinski definition) is 5. The summed E-state index contributed by atoms with van der Waals surface area (Å²) in [5, 5.41) is 6.93. The predicted molar refractivity (Wildman–Crippen MR) is 90.9 cm³/mol. The zero-order valence-corrected chi connectivity index (χ0v) is 14.5. The summed E-state index contributed by atoms with van der Waals surface area (Å²) in [6.45, 7) is 0.518. The Morgan fingerprint density at radius 2 is 2.20 bits per heavy atom. The first-order valence-corrected chi connectivity index (χ1v) is 8.04. The van der Waals surface area contributed by atoms with Crippen LogP contribution in [0.15, 0.2) is 30.7 Å². The van der Waals surface area contributed by atoms with E-state index in [9.17, 15) is 9.59 Å². The van der Waals surface area contributed by atoms with Gasteiger partial charge in [-0.15, -0.1) is 0 Å². The molecular formula is C17H21N5O3. The molecule has 1 N–H and O–H groups in total. The van der Waals surface area contributed by atoms with Gasteiger partial charge in [0, 0.05) is 51.3 Å². The lowest BCUT2D eigenvalue weighted by Gasteiger charge is -2.17. The normalized spacial score (nSPS) is 19.6. The molecule has 2 aromatic rings. The molecule has 8 nitrogen and oxygen atoms in total. The molecule has 25 heavy (non-hydrogen) atoms. The van der Waals surface area contributed by atoms with E-state index < -0.39 is 0 Å². The number of aryl methyl sites for hydroxylation is 1. The Labute approximate surface area is 145 Å². The SMILES string of the molecule is CN(C)C(=O)c1ccnc(NC(=O)[C@H]2CCO[C@@H]2c2cnn(C)c2)c1. The number of carbonyl (C=O) groups excluding carboxylic acids is 2. The highest BCUT2D eigenvalue weighted by Gasteiger charge is 2.36. The molecule has 2 aromatic heterocycles. The van der Waals surface area contributed by atoms with Gasteiger partial charge < -0.3 is 15.0 Å². The summed E-state index contributed by atoms with van der Waals surface area (Å²) in [5.74, 6) is -0.280. The van der Waals surface area contributed by atoms with Gasteiger partial charge in [0.1, 0.15) is 5.82 Å². The molecule has 0 unspecified atom stereocenters. The van der Waals surface area contributed by atoms with Crippen LogP contribution in [0.5, 0.6) is 0 Å². The fourth-order valence-electron chi connectivity index (χ4n) is 2.88. The van der Waals surface area contributed by atoms with Crippen LogP contribution in [0.4, 0.5) is 5.82 Å². The van der Waals surface area contributed by atoms with Crippen LogP contribution >= 0.6 is 0 Å². The fraction of sp³-hybridized carbons (Fsp3) is 0.412. The van der Waals surface area contributed by atoms with E-state index in [1.807, 2.05) is 13.2 Å². The summed E-state index contributed by atoms with van der Waals surface area (Å²) in [6.07, 6.45) is 5.38. The van der Waals surface area contributed by atoms with Crippen LogP contribution in [0.1, 0.15) is 28.4 Å². The van der Waals surface area contributed by atoms with E-state index in [1.54, 1.807) is 37.1 Å². The molecule has 1 fully saturated rings. The van der Waals surface area contributed by atoms with Crippen LogP contribution in [0.25, 0.3) is 0 Å². The Balaban J connectivity index is 1.73. The maximum absolute atomic E-state index is 12.7. The number of amides is 2. The van der Waals surface area contributed by atoms with Gasteiger partial charge in [0.15, 0.2) is 0 Å². The number of aromatic nitrogens is 3. The molecule has 1 saturated heterocycles. The number of hydrogen-bond donors (Lipinski definition) is 1. The second-order valence-corrected chi connectivity index (χ2v) is 6.25. The highest BCUT2D eigenvalue weighted by Crippen LogP contribution is 2.35. The molecule has 8 heteroatoms. The number of rotatable bonds is 4. The Kier molecular flexibility index (Phi) is 4.80. The minimum Gasteiger partial charge on any atom is -0.373 e. The average Bonchev–Trinajstić information content (AvgIpc) is 3.22. The Morgan fingerprint density at radius 1 is 1.40 bits per heavy atom. The van der Waals surface area contributed by atoms with Crippen LogP contribution in [0.3, 0.4) is 0 Å². The summed E-state index contributed by atoms with van der Waals surface area (Å²) in [5.41, 5.74) is 1.35. The van der Waals surface area contributed by atoms with E-state index in [1.165, 1.54) is 11.1 Å². The van der Waals surface area contributed by atoms with Crippen molar-refractivity contribution in [3.05, 3.63) is 41.9 Å². The summed E-state index contributed by atoms with van der Waals surface area (Å²) in [4.78, 5) is 30.3. The maximum Gasteiger partial charge on any atom is 0.253 e. The fourth-order valence-corrected chi connectivity index (χ4v) is 2.88. The average molecular weight is 343 g/mol. The molecular weight excluding hydrogens is 322 g/mol. The number of carbonyl (C=O) groups is 2. The molecule has 2 amide bonds. The molecule has 0 aromatic carbocycles. The lowest BCUT2D eigenvalue weighted by atomic mass is 9.96. The third kappa shape index (κ3) is 3.69. The van der Waals surface area contributed by atoms with Gasteiger partial charge >= 0.3 is 0 Å². The third-order valence-electron chi connectivity index (χ3n) is 4.15. The summed E-state index contributed by atoms with van der Waals surface area (Å²) >= 11 is 0. The van der Waals surface area contributed by atoms with E-state index in [0.29, 0.717) is 24.4 Å². The lowest BCUT2D eigenvalue weighted by molar-refractivity contribution is -0.121. The second-order valence-electron chi connectivity index (χ2n) is 6.25. The van der Waals surface area contributed by atoms with Crippen molar-refractivity contribution in [1.29, 1.82) is 0 Å². The summed E-state index contributed by atoms with van der Waals surface area (Å²) in [6, 6.07) is 3.20. The summed E-state index contributed by atoms with van der Waals surface area (Å²) < 4.78 is 7.41. The van der Waals surface area contributed by atoms with E-state index >= 15 is 0 Å². The van der Waals surface area contributed by atoms with Gasteiger partial charge in [0.25, 0.3) is 5.91 Å². The highest BCUT2D eigenvalue weighted by atomic mass is 16.5. The first kappa shape index (κ1) is 17.1. The molecule has 1 aliphatic heterocycles. The minimum absolute atomic E-state index is 0.143. The molecule has 3 heterocycles. The largest absolute Gasteiger partial charge is 0.373 e. The molecule has 132 valence electrons. The minimum atomic E-state index is -0.320. The van der Waals surface area contributed by atoms with Gasteiger partial charge in [0.2, 0.25) is 5.91 Å². The van der Waals surface area contributed by atoms with Crippen molar-refractivity contribution < 1.29 is 14.3 Å². The van der Waals surface area contributed by atoms with E-state index in [-0.39, 0.29) is 23.8 Å². The summed E-state index contributed by atoms with van der Waals surface area (Å²) in [7, 11) is 5.18. The van der Waals surface area contributed by atoms with Gasteiger partial charge in [-0.2, -0.15) is 5.10 Å². The van der Waals surface area contributed by atoms with Crippen molar-refractivity contribution in [2.75, 3.05) is 26.0 Å². The van der Waals surface area contributed by atoms with Crippen molar-refractivity contribution in [1.82, 2.24) is 19.7 Å². The quantitative estimate of drug-likeness (QED) is 0.902. The topological polar surface area (TPSA) is 89.3 Å². The highest BCUT2D eigenvalue weighted by molar-refractivity contribution is 5.96. The zero-order valence-electron chi connectivity index (χ0n) is 14.5. The first-order valence-electron chi connectivity index (χ1n) is 8.04. The molecule has 0 spiro atoms. The van der Waals surface area contributed by atoms with Crippen LogP contribution in [0, 0.1) is 5.92 Å². The molecule has 3 rings (SSSR count). The van der Waals surface area contributed by atoms with Crippen molar-refractivity contribution >= 4 is 17.6 Å². The standard InChI is InChI=1S/C17H21N5O3/c1-21(2)17(24)11-4-6-18-14(8-11)20-16(23)13-5-7-25-15(13)12-9-19-22(3)10-12/h4,6,8-10,13,15H,5,7H2,1-3H3,(H,18,20,23)/t13-,15+/m0/s1. The monoisotopic (exact) mass is 343 g/mol. The Bertz CT molecular complexity index is 786. The zero-order chi connectivity index (χ0) is 18.0. The van der Waals surface area contributed by atoms with Crippen LogP contribution in [0.2, 0.25) is 0 Å². The first-order chi connectivity index (χ1) is 12.0. The predicted octanol–water partition coefficient (Wildman–Crippen LogP) is 1.23. The van der Waals surface area contributed by atoms with Crippen molar-refractivity contribution in [3.8, 4) is 0 Å². The Hall–Kier alpha value is -2.74. The molecule has 2 atom stereocenters. The number of nitrogens with one attached hydrogen (secondary N) is 1. The van der Waals surface area contributed by atoms with Gasteiger partial charge in [-0.3, -0.25) is 14.3 Å². The van der Waals surface area contributed by atoms with E-state index in [0.717, 1.165) is 5.56 Å². The van der Waals surface area contributed by atoms with Crippen LogP contribution in [-0.2, 0) is 16.6 Å². The lowest BCUT2D eigenvalue weighted by Crippen LogP contribution is -2.26. The molecule has 1 aliphatic rings. The van der Waals surface area contributed by atoms with Gasteiger partial charge in [-0.05, 0) is 18.6 Å². The maximum atomic E-state index is 12.7. The number of anilines is 1. The van der Waals surface area contributed by atoms with Crippen LogP contribution < -0.4 is 5.32 Å². The molecule has 0 radical (unpaired) electrons. The number of nitrogens with zero attached hydrogens (tertiary/aromatic N) is 4. The van der Waals surface area contributed by atoms with Crippen LogP contribution in [-0.4, -0.2) is 52.2 Å².